The van der Waals surface area contributed by atoms with Gasteiger partial charge in [0.25, 0.3) is 0 Å². The van der Waals surface area contributed by atoms with E-state index in [0.717, 1.165) is 61.8 Å². The van der Waals surface area contributed by atoms with Gasteiger partial charge in [0, 0.05) is 30.6 Å². The van der Waals surface area contributed by atoms with Crippen LogP contribution in [0.4, 0.5) is 0 Å². The largest absolute Gasteiger partial charge is 0.393 e. The van der Waals surface area contributed by atoms with E-state index in [0.29, 0.717) is 11.8 Å². The highest BCUT2D eigenvalue weighted by atomic mass is 32.2. The number of hydrogen-bond acceptors (Lipinski definition) is 4. The lowest BCUT2D eigenvalue weighted by Crippen LogP contribution is -2.55. The molecule has 5 heteroatoms. The molecule has 0 bridgehead atoms. The molecule has 160 valence electrons. The van der Waals surface area contributed by atoms with E-state index in [4.69, 9.17) is 0 Å². The molecule has 29 heavy (non-hydrogen) atoms. The number of hydrogen-bond donors (Lipinski definition) is 2. The highest BCUT2D eigenvalue weighted by molar-refractivity contribution is 7.99. The molecule has 0 saturated heterocycles. The smallest absolute Gasteiger partial charge is 0.167 e. The number of aryl methyl sites for hydroxylation is 1. The molecule has 1 aromatic heterocycles. The van der Waals surface area contributed by atoms with Crippen LogP contribution in [0, 0.1) is 28.6 Å². The standard InChI is InChI=1S/C24H36N2O2S/c1-22-9-6-17(27)14-16(22)4-5-18-19(22)7-10-23(2)20(18)8-11-24(23,28)15-29-21-25-12-13-26(21)3/h4,12-13,17-20,27-28H,5-11,14-15H2,1-3H3/t17-,18-,19-,20+,22-,23-,24+/m0/s1. The maximum absolute atomic E-state index is 11.9. The molecule has 4 aliphatic carbocycles. The topological polar surface area (TPSA) is 58.3 Å². The zero-order chi connectivity index (χ0) is 20.4. The summed E-state index contributed by atoms with van der Waals surface area (Å²) in [5.74, 6) is 2.75. The molecular weight excluding hydrogens is 380 g/mol. The minimum Gasteiger partial charge on any atom is -0.393 e. The van der Waals surface area contributed by atoms with Crippen LogP contribution in [0.15, 0.2) is 29.2 Å². The Morgan fingerprint density at radius 1 is 1.17 bits per heavy atom. The van der Waals surface area contributed by atoms with Crippen LogP contribution in [-0.2, 0) is 7.05 Å². The molecule has 1 heterocycles. The Morgan fingerprint density at radius 2 is 1.97 bits per heavy atom. The molecule has 3 saturated carbocycles. The first-order chi connectivity index (χ1) is 13.8. The number of rotatable bonds is 3. The predicted molar refractivity (Wildman–Crippen MR) is 117 cm³/mol. The van der Waals surface area contributed by atoms with E-state index >= 15 is 0 Å². The number of aromatic nitrogens is 2. The number of thioether (sulfide) groups is 1. The van der Waals surface area contributed by atoms with Gasteiger partial charge in [-0.1, -0.05) is 37.3 Å². The van der Waals surface area contributed by atoms with Crippen LogP contribution in [0.3, 0.4) is 0 Å². The maximum atomic E-state index is 11.9. The number of nitrogens with zero attached hydrogens (tertiary/aromatic N) is 2. The van der Waals surface area contributed by atoms with Crippen molar-refractivity contribution in [2.24, 2.45) is 35.6 Å². The van der Waals surface area contributed by atoms with Gasteiger partial charge in [-0.05, 0) is 74.5 Å². The number of fused-ring (bicyclic) bond motifs is 5. The summed E-state index contributed by atoms with van der Waals surface area (Å²) < 4.78 is 2.05. The van der Waals surface area contributed by atoms with Gasteiger partial charge < -0.3 is 14.8 Å². The second-order valence-electron chi connectivity index (χ2n) is 10.8. The van der Waals surface area contributed by atoms with Crippen LogP contribution in [0.5, 0.6) is 0 Å². The summed E-state index contributed by atoms with van der Waals surface area (Å²) in [6.07, 6.45) is 14.7. The van der Waals surface area contributed by atoms with Gasteiger partial charge in [-0.3, -0.25) is 0 Å². The summed E-state index contributed by atoms with van der Waals surface area (Å²) in [5.41, 5.74) is 1.20. The predicted octanol–water partition coefficient (Wildman–Crippen LogP) is 4.57. The summed E-state index contributed by atoms with van der Waals surface area (Å²) >= 11 is 1.71. The number of imidazole rings is 1. The van der Waals surface area contributed by atoms with Gasteiger partial charge in [0.05, 0.1) is 11.7 Å². The fourth-order valence-electron chi connectivity index (χ4n) is 7.66. The van der Waals surface area contributed by atoms with Crippen molar-refractivity contribution < 1.29 is 10.2 Å². The van der Waals surface area contributed by atoms with Crippen LogP contribution in [0.25, 0.3) is 0 Å². The maximum Gasteiger partial charge on any atom is 0.167 e. The van der Waals surface area contributed by atoms with Crippen molar-refractivity contribution in [1.29, 1.82) is 0 Å². The lowest BCUT2D eigenvalue weighted by molar-refractivity contribution is -0.113. The minimum atomic E-state index is -0.604. The van der Waals surface area contributed by atoms with Gasteiger partial charge in [0.15, 0.2) is 5.16 Å². The Kier molecular flexibility index (Phi) is 4.77. The molecule has 1 aromatic rings. The quantitative estimate of drug-likeness (QED) is 0.560. The first-order valence-corrected chi connectivity index (χ1v) is 12.5. The highest BCUT2D eigenvalue weighted by Gasteiger charge is 2.63. The normalized spacial score (nSPS) is 46.6. The Labute approximate surface area is 179 Å². The monoisotopic (exact) mass is 416 g/mol. The zero-order valence-electron chi connectivity index (χ0n) is 18.1. The number of aliphatic hydroxyl groups excluding tert-OH is 1. The third kappa shape index (κ3) is 2.90. The van der Waals surface area contributed by atoms with Crippen molar-refractivity contribution in [3.05, 3.63) is 24.0 Å². The van der Waals surface area contributed by atoms with Crippen molar-refractivity contribution in [3.8, 4) is 0 Å². The van der Waals surface area contributed by atoms with Gasteiger partial charge >= 0.3 is 0 Å². The zero-order valence-corrected chi connectivity index (χ0v) is 18.9. The second-order valence-corrected chi connectivity index (χ2v) is 11.7. The molecular formula is C24H36N2O2S. The number of allylic oxidation sites excluding steroid dienone is 1. The molecule has 4 nitrogen and oxygen atoms in total. The highest BCUT2D eigenvalue weighted by Crippen LogP contribution is 2.67. The molecule has 7 atom stereocenters. The Bertz CT molecular complexity index is 822. The average molecular weight is 417 g/mol. The Balaban J connectivity index is 1.39. The van der Waals surface area contributed by atoms with Crippen LogP contribution >= 0.6 is 11.8 Å². The van der Waals surface area contributed by atoms with Crippen molar-refractivity contribution in [2.45, 2.75) is 82.1 Å². The summed E-state index contributed by atoms with van der Waals surface area (Å²) in [6, 6.07) is 0. The SMILES string of the molecule is Cn1ccnc1SC[C@]1(O)CC[C@@H]2[C@H]3CC=C4C[C@@H](O)CC[C@]4(C)[C@H]3CC[C@@]21C. The second kappa shape index (κ2) is 6.86. The van der Waals surface area contributed by atoms with Gasteiger partial charge in [-0.25, -0.2) is 4.98 Å². The van der Waals surface area contributed by atoms with Crippen LogP contribution in [0.2, 0.25) is 0 Å². The summed E-state index contributed by atoms with van der Waals surface area (Å²) in [7, 11) is 2.03. The Morgan fingerprint density at radius 3 is 2.72 bits per heavy atom. The molecule has 2 N–H and O–H groups in total. The van der Waals surface area contributed by atoms with Crippen LogP contribution < -0.4 is 0 Å². The van der Waals surface area contributed by atoms with Crippen LogP contribution in [-0.4, -0.2) is 37.2 Å². The van der Waals surface area contributed by atoms with Crippen LogP contribution in [0.1, 0.15) is 65.2 Å². The van der Waals surface area contributed by atoms with E-state index in [9.17, 15) is 10.2 Å². The first kappa shape index (κ1) is 20.1. The summed E-state index contributed by atoms with van der Waals surface area (Å²) in [5, 5.41) is 23.0. The van der Waals surface area contributed by atoms with E-state index in [2.05, 4.69) is 24.9 Å². The van der Waals surface area contributed by atoms with E-state index in [-0.39, 0.29) is 16.9 Å². The molecule has 0 aliphatic heterocycles. The average Bonchev–Trinajstić information content (AvgIpc) is 3.22. The lowest BCUT2D eigenvalue weighted by atomic mass is 9.47. The van der Waals surface area contributed by atoms with Crippen molar-refractivity contribution in [3.63, 3.8) is 0 Å². The fourth-order valence-corrected chi connectivity index (χ4v) is 8.91. The van der Waals surface area contributed by atoms with E-state index in [1.54, 1.807) is 11.8 Å². The molecule has 3 fully saturated rings. The molecule has 0 spiro atoms. The fraction of sp³-hybridized carbons (Fsp3) is 0.792. The summed E-state index contributed by atoms with van der Waals surface area (Å²) in [6.45, 7) is 4.86. The Hall–Kier alpha value is -0.780. The molecule has 0 aromatic carbocycles. The lowest BCUT2D eigenvalue weighted by Gasteiger charge is -2.59. The van der Waals surface area contributed by atoms with Crippen molar-refractivity contribution >= 4 is 11.8 Å². The summed E-state index contributed by atoms with van der Waals surface area (Å²) in [4.78, 5) is 4.45. The molecule has 0 unspecified atom stereocenters. The van der Waals surface area contributed by atoms with Gasteiger partial charge in [-0.15, -0.1) is 0 Å². The molecule has 5 rings (SSSR count). The van der Waals surface area contributed by atoms with Crippen molar-refractivity contribution in [1.82, 2.24) is 9.55 Å². The van der Waals surface area contributed by atoms with E-state index < -0.39 is 5.60 Å². The number of aliphatic hydroxyl groups is 2. The van der Waals surface area contributed by atoms with Crippen molar-refractivity contribution in [2.75, 3.05) is 5.75 Å². The molecule has 4 aliphatic rings. The molecule has 0 amide bonds. The van der Waals surface area contributed by atoms with E-state index in [1.165, 1.54) is 12.0 Å². The first-order valence-electron chi connectivity index (χ1n) is 11.5. The van der Waals surface area contributed by atoms with Gasteiger partial charge in [0.2, 0.25) is 0 Å². The van der Waals surface area contributed by atoms with Gasteiger partial charge in [-0.2, -0.15) is 0 Å². The van der Waals surface area contributed by atoms with Gasteiger partial charge in [0.1, 0.15) is 0 Å². The third-order valence-corrected chi connectivity index (χ3v) is 10.9. The third-order valence-electron chi connectivity index (χ3n) is 9.62. The van der Waals surface area contributed by atoms with E-state index in [1.807, 2.05) is 24.0 Å². The minimum absolute atomic E-state index is 0.00220. The molecule has 0 radical (unpaired) electrons.